The summed E-state index contributed by atoms with van der Waals surface area (Å²) >= 11 is 3.33. The smallest absolute Gasteiger partial charge is 0.198 e. The first-order valence-corrected chi connectivity index (χ1v) is 17.7. The number of hydrogen-bond acceptors (Lipinski definition) is 9. The number of hydrogen-bond donors (Lipinski definition) is 2. The third-order valence-electron chi connectivity index (χ3n) is 8.30. The number of rotatable bonds is 11. The molecule has 0 aliphatic heterocycles. The van der Waals surface area contributed by atoms with Crippen LogP contribution in [0.15, 0.2) is 138 Å². The number of nitrogens with one attached hydrogen (secondary N) is 2. The van der Waals surface area contributed by atoms with Crippen LogP contribution in [0.5, 0.6) is 11.5 Å². The molecule has 0 spiro atoms. The molecule has 0 aliphatic rings. The van der Waals surface area contributed by atoms with E-state index in [1.54, 1.807) is 67.0 Å². The lowest BCUT2D eigenvalue weighted by Crippen LogP contribution is -2.06. The molecule has 0 amide bonds. The van der Waals surface area contributed by atoms with Crippen molar-refractivity contribution in [2.24, 2.45) is 0 Å². The van der Waals surface area contributed by atoms with E-state index in [0.717, 1.165) is 39.9 Å². The highest BCUT2D eigenvalue weighted by molar-refractivity contribution is 9.10. The summed E-state index contributed by atoms with van der Waals surface area (Å²) in [6.07, 6.45) is 6.14. The first-order chi connectivity index (χ1) is 27.5. The van der Waals surface area contributed by atoms with Gasteiger partial charge in [0.1, 0.15) is 46.4 Å². The molecule has 0 radical (unpaired) electrons. The van der Waals surface area contributed by atoms with Crippen molar-refractivity contribution in [3.8, 4) is 22.6 Å². The Hall–Kier alpha value is -6.93. The van der Waals surface area contributed by atoms with Crippen LogP contribution in [0.2, 0.25) is 0 Å². The van der Waals surface area contributed by atoms with Gasteiger partial charge < -0.3 is 20.1 Å². The second-order valence-corrected chi connectivity index (χ2v) is 12.9. The summed E-state index contributed by atoms with van der Waals surface area (Å²) < 4.78 is 64.8. The molecular formula is C43H30BrF4N5O4. The maximum absolute atomic E-state index is 13.8. The predicted octanol–water partition coefficient (Wildman–Crippen LogP) is 10.5. The van der Waals surface area contributed by atoms with Crippen LogP contribution >= 0.6 is 15.9 Å². The Labute approximate surface area is 332 Å². The zero-order chi connectivity index (χ0) is 40.5. The quantitative estimate of drug-likeness (QED) is 0.0971. The first-order valence-electron chi connectivity index (χ1n) is 16.9. The predicted molar refractivity (Wildman–Crippen MR) is 212 cm³/mol. The van der Waals surface area contributed by atoms with E-state index in [1.807, 2.05) is 18.2 Å². The third-order valence-corrected chi connectivity index (χ3v) is 8.80. The number of ether oxygens (including phenoxy) is 2. The average molecular weight is 837 g/mol. The Kier molecular flexibility index (Phi) is 12.6. The second-order valence-electron chi connectivity index (χ2n) is 12.0. The highest BCUT2D eigenvalue weighted by Crippen LogP contribution is 2.30. The number of halogens is 5. The summed E-state index contributed by atoms with van der Waals surface area (Å²) in [6.45, 7) is 0. The molecule has 3 aromatic heterocycles. The highest BCUT2D eigenvalue weighted by Gasteiger charge is 2.18. The average Bonchev–Trinajstić information content (AvgIpc) is 3.23. The number of pyridine rings is 3. The normalized spacial score (nSPS) is 10.5. The maximum atomic E-state index is 13.8. The minimum atomic E-state index is -0.736. The molecule has 3 heterocycles. The highest BCUT2D eigenvalue weighted by atomic mass is 79.9. The summed E-state index contributed by atoms with van der Waals surface area (Å²) in [5.41, 5.74) is 3.43. The fourth-order valence-electron chi connectivity index (χ4n) is 5.44. The summed E-state index contributed by atoms with van der Waals surface area (Å²) in [6, 6.07) is 26.9. The largest absolute Gasteiger partial charge is 0.496 e. The van der Waals surface area contributed by atoms with E-state index >= 15 is 0 Å². The van der Waals surface area contributed by atoms with Crippen molar-refractivity contribution < 1.29 is 36.6 Å². The SMILES string of the molecule is COc1ccc(-c2ccncc2)cc1C(=O)c1ccc(Nc2ccc(F)cc2F)nc1.COc1ccc(Br)cc1C(=O)c1ccc(Nc2ccc(F)cc2F)nc1. The van der Waals surface area contributed by atoms with Crippen LogP contribution in [-0.4, -0.2) is 40.7 Å². The van der Waals surface area contributed by atoms with Gasteiger partial charge in [0, 0.05) is 52.5 Å². The zero-order valence-corrected chi connectivity index (χ0v) is 31.7. The van der Waals surface area contributed by atoms with E-state index in [2.05, 4.69) is 41.5 Å². The van der Waals surface area contributed by atoms with Crippen molar-refractivity contribution in [2.75, 3.05) is 24.9 Å². The van der Waals surface area contributed by atoms with Crippen molar-refractivity contribution in [1.29, 1.82) is 0 Å². The molecule has 2 N–H and O–H groups in total. The van der Waals surface area contributed by atoms with Crippen molar-refractivity contribution >= 4 is 50.5 Å². The van der Waals surface area contributed by atoms with E-state index in [0.29, 0.717) is 45.4 Å². The van der Waals surface area contributed by atoms with Crippen LogP contribution in [0.1, 0.15) is 31.8 Å². The molecule has 0 saturated carbocycles. The van der Waals surface area contributed by atoms with Gasteiger partial charge in [0.25, 0.3) is 0 Å². The molecule has 0 atom stereocenters. The van der Waals surface area contributed by atoms with Gasteiger partial charge in [0.15, 0.2) is 11.6 Å². The van der Waals surface area contributed by atoms with E-state index in [1.165, 1.54) is 38.7 Å². The van der Waals surface area contributed by atoms with Gasteiger partial charge >= 0.3 is 0 Å². The summed E-state index contributed by atoms with van der Waals surface area (Å²) in [5.74, 6) is -1.77. The fourth-order valence-corrected chi connectivity index (χ4v) is 5.80. The number of methoxy groups -OCH3 is 2. The Morgan fingerprint density at radius 3 is 1.51 bits per heavy atom. The molecule has 7 aromatic rings. The van der Waals surface area contributed by atoms with Gasteiger partial charge in [-0.3, -0.25) is 14.6 Å². The minimum absolute atomic E-state index is 0.0831. The van der Waals surface area contributed by atoms with Crippen molar-refractivity contribution in [3.05, 3.63) is 184 Å². The van der Waals surface area contributed by atoms with Crippen molar-refractivity contribution in [2.45, 2.75) is 0 Å². The summed E-state index contributed by atoms with van der Waals surface area (Å²) in [7, 11) is 2.99. The number of carbonyl (C=O) groups excluding carboxylic acids is 2. The third kappa shape index (κ3) is 9.85. The molecule has 286 valence electrons. The monoisotopic (exact) mass is 835 g/mol. The lowest BCUT2D eigenvalue weighted by atomic mass is 9.98. The molecule has 4 aromatic carbocycles. The van der Waals surface area contributed by atoms with Crippen LogP contribution in [0.3, 0.4) is 0 Å². The van der Waals surface area contributed by atoms with Crippen molar-refractivity contribution in [3.63, 3.8) is 0 Å². The number of benzene rings is 4. The molecule has 7 rings (SSSR count). The molecule has 0 saturated heterocycles. The number of nitrogens with zero attached hydrogens (tertiary/aromatic N) is 3. The zero-order valence-electron chi connectivity index (χ0n) is 30.1. The van der Waals surface area contributed by atoms with E-state index < -0.39 is 23.3 Å². The fraction of sp³-hybridized carbons (Fsp3) is 0.0465. The van der Waals surface area contributed by atoms with Gasteiger partial charge in [0.05, 0.1) is 36.7 Å². The standard InChI is InChI=1S/C24H17F2N3O2.C19H13BrF2N2O2/c1-31-22-6-2-16(15-8-10-27-11-9-15)12-19(22)24(30)17-3-7-23(28-14-17)29-21-5-4-18(25)13-20(21)26;1-26-17-6-3-12(20)8-14(17)19(25)11-2-7-18(23-10-11)24-16-5-4-13(21)9-15(16)22/h2-14H,1H3,(H,28,29);2-10H,1H3,(H,23,24). The van der Waals surface area contributed by atoms with Gasteiger partial charge in [-0.2, -0.15) is 0 Å². The van der Waals surface area contributed by atoms with Gasteiger partial charge in [0.2, 0.25) is 0 Å². The topological polar surface area (TPSA) is 115 Å². The second kappa shape index (κ2) is 18.1. The van der Waals surface area contributed by atoms with Gasteiger partial charge in [-0.05, 0) is 102 Å². The summed E-state index contributed by atoms with van der Waals surface area (Å²) in [5, 5.41) is 5.50. The van der Waals surface area contributed by atoms with Gasteiger partial charge in [-0.15, -0.1) is 0 Å². The van der Waals surface area contributed by atoms with Crippen LogP contribution in [0.25, 0.3) is 11.1 Å². The molecule has 0 aliphatic carbocycles. The Morgan fingerprint density at radius 1 is 0.561 bits per heavy atom. The minimum Gasteiger partial charge on any atom is -0.496 e. The maximum Gasteiger partial charge on any atom is 0.198 e. The molecule has 0 fully saturated rings. The molecule has 14 heteroatoms. The molecule has 57 heavy (non-hydrogen) atoms. The molecular weight excluding hydrogens is 806 g/mol. The molecule has 0 unspecified atom stereocenters. The number of carbonyl (C=O) groups is 2. The Morgan fingerprint density at radius 2 is 1.05 bits per heavy atom. The van der Waals surface area contributed by atoms with Crippen LogP contribution in [-0.2, 0) is 0 Å². The lowest BCUT2D eigenvalue weighted by Gasteiger charge is -2.11. The van der Waals surface area contributed by atoms with Crippen molar-refractivity contribution in [1.82, 2.24) is 15.0 Å². The van der Waals surface area contributed by atoms with E-state index in [4.69, 9.17) is 9.47 Å². The summed E-state index contributed by atoms with van der Waals surface area (Å²) in [4.78, 5) is 38.1. The molecule has 9 nitrogen and oxygen atoms in total. The van der Waals surface area contributed by atoms with Crippen LogP contribution < -0.4 is 20.1 Å². The number of anilines is 4. The van der Waals surface area contributed by atoms with Crippen LogP contribution in [0.4, 0.5) is 40.6 Å². The first kappa shape index (κ1) is 39.8. The van der Waals surface area contributed by atoms with E-state index in [-0.39, 0.29) is 22.9 Å². The number of ketones is 2. The lowest BCUT2D eigenvalue weighted by molar-refractivity contribution is 0.102. The Bertz CT molecular complexity index is 2540. The Balaban J connectivity index is 0.000000196. The number of aromatic nitrogens is 3. The van der Waals surface area contributed by atoms with Gasteiger partial charge in [-0.1, -0.05) is 22.0 Å². The molecule has 0 bridgehead atoms. The van der Waals surface area contributed by atoms with Crippen LogP contribution in [0, 0.1) is 23.3 Å². The van der Waals surface area contributed by atoms with E-state index in [9.17, 15) is 27.2 Å². The van der Waals surface area contributed by atoms with Gasteiger partial charge in [-0.25, -0.2) is 27.5 Å².